The fourth-order valence-electron chi connectivity index (χ4n) is 12.6. The Balaban J connectivity index is 1.64. The van der Waals surface area contributed by atoms with Gasteiger partial charge in [0.2, 0.25) is 35.4 Å². The summed E-state index contributed by atoms with van der Waals surface area (Å²) < 4.78 is 11.3. The van der Waals surface area contributed by atoms with E-state index in [0.29, 0.717) is 89.9 Å². The Hall–Kier alpha value is -4.79. The fourth-order valence-corrected chi connectivity index (χ4v) is 16.0. The lowest BCUT2D eigenvalue weighted by Crippen LogP contribution is -2.64. The maximum absolute atomic E-state index is 14.2. The number of ether oxygens (including phenoxy) is 2. The SMILES string of the molecule is CNCCCC[C@H](NC(=O)CCCCCN[C@@H](O)[C@@H]1CSCC(=O)N[C@@H](CC(O)O)C(=O)N[C@H]2CSSC[C@H](N[C@H](O)[C@@H](CC(O)O)N[C@@H](O)CN[C@H](O)[C@@H](CCCNC(N)N)N[C@H]2O)[C@H](O)N[C@H](Cc2ccccc2)[C@@H](O)N1)C(=O)NCCOCCOCCNC(=O)CCC(=O)NCCN(CCNC(C)(C)C(C)N=O)CCNC(C)(C)C(C)N=O. The molecule has 700 valence electrons. The zero-order chi connectivity index (χ0) is 89.7. The number of carbonyl (C=O) groups is 6. The van der Waals surface area contributed by atoms with Gasteiger partial charge in [0.1, 0.15) is 74.1 Å². The molecule has 2 saturated heterocycles. The van der Waals surface area contributed by atoms with Crippen molar-refractivity contribution in [1.29, 1.82) is 0 Å². The van der Waals surface area contributed by atoms with Gasteiger partial charge in [-0.15, -0.1) is 0 Å². The molecule has 2 fully saturated rings. The summed E-state index contributed by atoms with van der Waals surface area (Å²) in [5.41, 5.74) is 11.0. The van der Waals surface area contributed by atoms with Gasteiger partial charge in [-0.1, -0.05) is 68.7 Å². The van der Waals surface area contributed by atoms with E-state index in [4.69, 9.17) is 20.9 Å². The van der Waals surface area contributed by atoms with Crippen LogP contribution in [-0.4, -0.2) is 365 Å². The summed E-state index contributed by atoms with van der Waals surface area (Å²) in [6, 6.07) is -1.45. The first kappa shape index (κ1) is 110. The van der Waals surface area contributed by atoms with E-state index in [1.165, 1.54) is 0 Å². The normalized spacial score (nSPS) is 24.4. The highest BCUT2D eigenvalue weighted by atomic mass is 33.1. The van der Waals surface area contributed by atoms with E-state index in [1.807, 2.05) is 34.7 Å². The van der Waals surface area contributed by atoms with Gasteiger partial charge in [0.05, 0.1) is 62.4 Å². The molecule has 121 heavy (non-hydrogen) atoms. The Morgan fingerprint density at radius 1 is 0.587 bits per heavy atom. The predicted octanol–water partition coefficient (Wildman–Crippen LogP) is -7.54. The fraction of sp³-hybridized carbons (Fsp3) is 0.840. The molecule has 0 aliphatic carbocycles. The van der Waals surface area contributed by atoms with Crippen LogP contribution in [0.2, 0.25) is 0 Å². The number of unbranched alkanes of at least 4 members (excludes halogenated alkanes) is 3. The molecule has 0 radical (unpaired) electrons. The van der Waals surface area contributed by atoms with Crippen LogP contribution in [0.3, 0.4) is 0 Å². The summed E-state index contributed by atoms with van der Waals surface area (Å²) in [4.78, 5) is 105. The Morgan fingerprint density at radius 3 is 1.77 bits per heavy atom. The number of nitroso groups, excluding NO2 is 2. The van der Waals surface area contributed by atoms with E-state index in [-0.39, 0.29) is 131 Å². The zero-order valence-corrected chi connectivity index (χ0v) is 73.6. The van der Waals surface area contributed by atoms with Gasteiger partial charge in [-0.05, 0) is 125 Å². The van der Waals surface area contributed by atoms with E-state index in [1.54, 1.807) is 44.2 Å². The van der Waals surface area contributed by atoms with Crippen molar-refractivity contribution < 1.29 is 94.4 Å². The Bertz CT molecular complexity index is 2980. The first-order valence-corrected chi connectivity index (χ1v) is 45.5. The molecule has 2 aliphatic rings. The van der Waals surface area contributed by atoms with Gasteiger partial charge in [-0.2, -0.15) is 21.6 Å². The van der Waals surface area contributed by atoms with Gasteiger partial charge in [-0.3, -0.25) is 76.2 Å². The van der Waals surface area contributed by atoms with E-state index < -0.39 is 165 Å². The molecule has 2 aliphatic heterocycles. The summed E-state index contributed by atoms with van der Waals surface area (Å²) >= 11 is 0.978. The second-order valence-corrected chi connectivity index (χ2v) is 35.0. The average Bonchev–Trinajstić information content (AvgIpc) is 1.83. The van der Waals surface area contributed by atoms with Gasteiger partial charge in [0.15, 0.2) is 12.6 Å². The molecule has 2 heterocycles. The minimum Gasteiger partial charge on any atom is -0.377 e. The minimum absolute atomic E-state index is 0.0164. The molecule has 1 aromatic rings. The average molecular weight is 1790 g/mol. The van der Waals surface area contributed by atoms with Crippen LogP contribution in [0.1, 0.15) is 131 Å². The summed E-state index contributed by atoms with van der Waals surface area (Å²) in [5.74, 6) is -3.73. The quantitative estimate of drug-likeness (QED) is 0.0125. The molecule has 2 unspecified atom stereocenters. The van der Waals surface area contributed by atoms with Crippen LogP contribution in [0, 0.1) is 9.81 Å². The van der Waals surface area contributed by atoms with Crippen molar-refractivity contribution in [2.45, 2.75) is 265 Å². The van der Waals surface area contributed by atoms with Gasteiger partial charge >= 0.3 is 0 Å². The number of nitrogens with two attached hydrogens (primary N) is 2. The van der Waals surface area contributed by atoms with E-state index in [9.17, 15) is 94.8 Å². The minimum atomic E-state index is -2.11. The number of thioether (sulfide) groups is 1. The molecule has 2 bridgehead atoms. The molecular formula is C75H146N22O21S3. The number of amides is 6. The third kappa shape index (κ3) is 49.2. The molecule has 32 N–H and O–H groups in total. The van der Waals surface area contributed by atoms with E-state index in [2.05, 4.69) is 106 Å². The van der Waals surface area contributed by atoms with Gasteiger partial charge < -0.3 is 125 Å². The number of benzene rings is 1. The van der Waals surface area contributed by atoms with Crippen LogP contribution in [-0.2, 0) is 44.7 Å². The second kappa shape index (κ2) is 63.2. The number of hydrogen-bond donors (Lipinski definition) is 30. The molecule has 6 amide bonds. The van der Waals surface area contributed by atoms with Crippen molar-refractivity contribution in [3.8, 4) is 0 Å². The molecule has 46 heteroatoms. The van der Waals surface area contributed by atoms with Crippen LogP contribution in [0.15, 0.2) is 40.7 Å². The van der Waals surface area contributed by atoms with Gasteiger partial charge in [0.25, 0.3) is 0 Å². The molecule has 43 nitrogen and oxygen atoms in total. The topological polar surface area (TPSA) is 662 Å². The van der Waals surface area contributed by atoms with Crippen molar-refractivity contribution in [2.75, 3.05) is 135 Å². The highest BCUT2D eigenvalue weighted by molar-refractivity contribution is 8.76. The second-order valence-electron chi connectivity index (χ2n) is 31.4. The summed E-state index contributed by atoms with van der Waals surface area (Å²) in [6.07, 6.45) is -13.9. The summed E-state index contributed by atoms with van der Waals surface area (Å²) in [6.45, 7) is 16.1. The van der Waals surface area contributed by atoms with Crippen LogP contribution in [0.4, 0.5) is 0 Å². The number of aliphatic hydroxyl groups is 11. The highest BCUT2D eigenvalue weighted by Crippen LogP contribution is 2.26. The van der Waals surface area contributed by atoms with Gasteiger partial charge in [-0.25, -0.2) is 0 Å². The van der Waals surface area contributed by atoms with Crippen molar-refractivity contribution in [2.24, 2.45) is 21.8 Å². The first-order chi connectivity index (χ1) is 57.6. The lowest BCUT2D eigenvalue weighted by Gasteiger charge is -2.36. The lowest BCUT2D eigenvalue weighted by atomic mass is 9.97. The highest BCUT2D eigenvalue weighted by Gasteiger charge is 2.37. The van der Waals surface area contributed by atoms with Crippen LogP contribution in [0.5, 0.6) is 0 Å². The number of nitrogens with one attached hydrogen (secondary N) is 17. The monoisotopic (exact) mass is 1790 g/mol. The van der Waals surface area contributed by atoms with Gasteiger partial charge in [0, 0.05) is 125 Å². The predicted molar refractivity (Wildman–Crippen MR) is 463 cm³/mol. The van der Waals surface area contributed by atoms with Crippen molar-refractivity contribution in [3.63, 3.8) is 0 Å². The molecule has 17 atom stereocenters. The number of hydrogen-bond acceptors (Lipinski definition) is 40. The Kier molecular flexibility index (Phi) is 57.7. The summed E-state index contributed by atoms with van der Waals surface area (Å²) in [5, 5.41) is 180. The third-order valence-corrected chi connectivity index (χ3v) is 24.2. The number of carbonyl (C=O) groups excluding carboxylic acids is 6. The maximum atomic E-state index is 14.2. The van der Waals surface area contributed by atoms with Crippen molar-refractivity contribution >= 4 is 68.8 Å². The molecule has 0 spiro atoms. The van der Waals surface area contributed by atoms with Crippen LogP contribution < -0.4 is 102 Å². The van der Waals surface area contributed by atoms with E-state index >= 15 is 0 Å². The van der Waals surface area contributed by atoms with Crippen LogP contribution >= 0.6 is 33.3 Å². The number of aliphatic hydroxyl groups excluding tert-OH is 9. The first-order valence-electron chi connectivity index (χ1n) is 41.8. The Morgan fingerprint density at radius 2 is 1.16 bits per heavy atom. The largest absolute Gasteiger partial charge is 0.377 e. The smallest absolute Gasteiger partial charge is 0.243 e. The lowest BCUT2D eigenvalue weighted by molar-refractivity contribution is -0.132. The number of fused-ring (bicyclic) bond motifs is 5. The van der Waals surface area contributed by atoms with E-state index in [0.717, 1.165) is 39.8 Å². The molecular weight excluding hydrogens is 1640 g/mol. The standard InChI is InChI=1S/C75H146N22O21S3/c1-47(95-115)74(3,4)85-28-33-97(34-29-86-75(5,6)48(2)96-116)32-27-79-58(98)22-23-59(99)80-30-35-117-37-38-118-36-31-82-65(107)50(19-13-15-24-78-7)87-60(100)21-12-9-14-25-81-67(109)55-43-119-46-62(102)89-54(41-64(105)106)70(112)93-56-44-120-121-45-57(72(114)91-52(68(110)92-55)39-49-17-10-8-11-18-49)94-69(111)53(40-63(103)104)88-61(101)42-84-66(108)51(90-71(56)113)20-16-26-83-73(76)77/h8,10-11,17-18,47-48,50-57,61,63-64,66-69,71-73,78,81,83-86,88,90-92,94,101,103-106,108-111,113-114H,9,12-16,19-46,76-77H2,1-7H3,(H,79,98)(H,80,99)(H,82,107)(H,87,100)(H,89,102)(H,93,112)/t47?,48?,50-,51+,52+,53+,54-,55-,56-,57-,61-,66+,67-,68+,69+,71-,72-/m0/s1. The van der Waals surface area contributed by atoms with Crippen molar-refractivity contribution in [1.82, 2.24) is 95.3 Å². The Labute approximate surface area is 722 Å². The van der Waals surface area contributed by atoms with Crippen molar-refractivity contribution in [3.05, 3.63) is 45.7 Å². The number of β-amino-alcohol motifs (C(OH)–C–C–N with tert-alkyl or cyclic N) is 1. The zero-order valence-electron chi connectivity index (χ0n) is 71.2. The molecule has 1 aromatic carbocycles. The summed E-state index contributed by atoms with van der Waals surface area (Å²) in [7, 11) is 3.98. The molecule has 0 aromatic heterocycles. The van der Waals surface area contributed by atoms with Crippen LogP contribution in [0.25, 0.3) is 0 Å². The number of nitrogens with zero attached hydrogens (tertiary/aromatic N) is 3. The molecule has 3 rings (SSSR count). The molecule has 0 saturated carbocycles. The maximum Gasteiger partial charge on any atom is 0.243 e. The third-order valence-electron chi connectivity index (χ3n) is 20.6. The number of rotatable bonds is 53.